The molecule has 0 heterocycles. The molecule has 0 spiro atoms. The van der Waals surface area contributed by atoms with Crippen molar-refractivity contribution in [2.45, 2.75) is 19.6 Å². The second-order valence-electron chi connectivity index (χ2n) is 3.56. The fourth-order valence-electron chi connectivity index (χ4n) is 1.23. The van der Waals surface area contributed by atoms with E-state index in [2.05, 4.69) is 5.32 Å². The van der Waals surface area contributed by atoms with Crippen LogP contribution >= 0.6 is 11.6 Å². The Balaban J connectivity index is 2.44. The zero-order chi connectivity index (χ0) is 11.3. The van der Waals surface area contributed by atoms with Gasteiger partial charge in [-0.2, -0.15) is 0 Å². The molecule has 0 saturated heterocycles. The Morgan fingerprint density at radius 2 is 2.20 bits per heavy atom. The van der Waals surface area contributed by atoms with E-state index < -0.39 is 6.10 Å². The number of benzene rings is 1. The van der Waals surface area contributed by atoms with Crippen molar-refractivity contribution in [3.8, 4) is 0 Å². The van der Waals surface area contributed by atoms with E-state index in [-0.39, 0.29) is 6.61 Å². The minimum absolute atomic E-state index is 0.228. The molecule has 15 heavy (non-hydrogen) atoms. The van der Waals surface area contributed by atoms with Gasteiger partial charge in [0.15, 0.2) is 0 Å². The zero-order valence-electron chi connectivity index (χ0n) is 8.70. The molecule has 1 atom stereocenters. The molecule has 3 N–H and O–H groups in total. The zero-order valence-corrected chi connectivity index (χ0v) is 9.46. The van der Waals surface area contributed by atoms with Gasteiger partial charge in [0.25, 0.3) is 0 Å². The summed E-state index contributed by atoms with van der Waals surface area (Å²) < 4.78 is 0. The number of hydrogen-bond donors (Lipinski definition) is 3. The quantitative estimate of drug-likeness (QED) is 0.709. The molecule has 0 aliphatic rings. The van der Waals surface area contributed by atoms with E-state index in [0.717, 1.165) is 16.1 Å². The normalized spacial score (nSPS) is 12.8. The summed E-state index contributed by atoms with van der Waals surface area (Å²) >= 11 is 6.03. The Bertz CT molecular complexity index is 317. The number of halogens is 1. The van der Waals surface area contributed by atoms with Gasteiger partial charge in [-0.05, 0) is 24.1 Å². The summed E-state index contributed by atoms with van der Waals surface area (Å²) in [5.74, 6) is 0. The van der Waals surface area contributed by atoms with Gasteiger partial charge < -0.3 is 15.5 Å². The third kappa shape index (κ3) is 4.18. The van der Waals surface area contributed by atoms with Crippen LogP contribution in [0.15, 0.2) is 18.2 Å². The Morgan fingerprint density at radius 1 is 1.47 bits per heavy atom. The van der Waals surface area contributed by atoms with E-state index in [0.29, 0.717) is 13.1 Å². The molecular formula is C11H16ClNO2. The summed E-state index contributed by atoms with van der Waals surface area (Å²) in [4.78, 5) is 0. The van der Waals surface area contributed by atoms with Crippen LogP contribution in [-0.4, -0.2) is 29.5 Å². The third-order valence-electron chi connectivity index (χ3n) is 2.11. The summed E-state index contributed by atoms with van der Waals surface area (Å²) in [5.41, 5.74) is 2.12. The van der Waals surface area contributed by atoms with Crippen LogP contribution in [0.4, 0.5) is 0 Å². The molecule has 0 aliphatic carbocycles. The Labute approximate surface area is 94.7 Å². The summed E-state index contributed by atoms with van der Waals surface area (Å²) in [6.45, 7) is 2.71. The van der Waals surface area contributed by atoms with Crippen LogP contribution < -0.4 is 5.32 Å². The fraction of sp³-hybridized carbons (Fsp3) is 0.455. The van der Waals surface area contributed by atoms with Gasteiger partial charge in [0, 0.05) is 18.1 Å². The van der Waals surface area contributed by atoms with Gasteiger partial charge in [-0.3, -0.25) is 0 Å². The molecule has 4 heteroatoms. The van der Waals surface area contributed by atoms with Crippen LogP contribution in [0, 0.1) is 6.92 Å². The predicted octanol–water partition coefficient (Wildman–Crippen LogP) is 1.09. The maximum Gasteiger partial charge on any atom is 0.0895 e. The second kappa shape index (κ2) is 6.08. The minimum atomic E-state index is -0.714. The number of aliphatic hydroxyl groups excluding tert-OH is 2. The van der Waals surface area contributed by atoms with Crippen molar-refractivity contribution in [3.05, 3.63) is 34.3 Å². The lowest BCUT2D eigenvalue weighted by Crippen LogP contribution is -2.29. The standard InChI is InChI=1S/C11H16ClNO2/c1-8-2-3-9(11(12)4-8)5-13-6-10(15)7-14/h2-4,10,13-15H,5-7H2,1H3. The molecule has 84 valence electrons. The van der Waals surface area contributed by atoms with Crippen molar-refractivity contribution in [2.24, 2.45) is 0 Å². The first kappa shape index (κ1) is 12.5. The lowest BCUT2D eigenvalue weighted by molar-refractivity contribution is 0.0942. The van der Waals surface area contributed by atoms with Crippen molar-refractivity contribution in [2.75, 3.05) is 13.2 Å². The number of aliphatic hydroxyl groups is 2. The van der Waals surface area contributed by atoms with E-state index in [1.807, 2.05) is 25.1 Å². The molecule has 1 aromatic carbocycles. The van der Waals surface area contributed by atoms with Gasteiger partial charge in [-0.15, -0.1) is 0 Å². The SMILES string of the molecule is Cc1ccc(CNCC(O)CO)c(Cl)c1. The van der Waals surface area contributed by atoms with Crippen LogP contribution in [0.5, 0.6) is 0 Å². The van der Waals surface area contributed by atoms with Gasteiger partial charge in [-0.1, -0.05) is 23.7 Å². The van der Waals surface area contributed by atoms with E-state index >= 15 is 0 Å². The van der Waals surface area contributed by atoms with Crippen molar-refractivity contribution < 1.29 is 10.2 Å². The highest BCUT2D eigenvalue weighted by molar-refractivity contribution is 6.31. The summed E-state index contributed by atoms with van der Waals surface area (Å²) in [6, 6.07) is 5.85. The van der Waals surface area contributed by atoms with E-state index in [1.165, 1.54) is 0 Å². The lowest BCUT2D eigenvalue weighted by Gasteiger charge is -2.10. The Hall–Kier alpha value is -0.610. The topological polar surface area (TPSA) is 52.5 Å². The summed E-state index contributed by atoms with van der Waals surface area (Å²) in [7, 11) is 0. The average Bonchev–Trinajstić information content (AvgIpc) is 2.21. The molecule has 1 aromatic rings. The highest BCUT2D eigenvalue weighted by Crippen LogP contribution is 2.17. The van der Waals surface area contributed by atoms with Gasteiger partial charge in [0.1, 0.15) is 0 Å². The van der Waals surface area contributed by atoms with Crippen molar-refractivity contribution in [1.29, 1.82) is 0 Å². The van der Waals surface area contributed by atoms with Gasteiger partial charge in [-0.25, -0.2) is 0 Å². The molecule has 1 rings (SSSR count). The molecule has 3 nitrogen and oxygen atoms in total. The van der Waals surface area contributed by atoms with E-state index in [9.17, 15) is 0 Å². The number of aryl methyl sites for hydroxylation is 1. The summed E-state index contributed by atoms with van der Waals surface area (Å²) in [5, 5.41) is 21.5. The first-order valence-electron chi connectivity index (χ1n) is 4.88. The van der Waals surface area contributed by atoms with Gasteiger partial charge in [0.2, 0.25) is 0 Å². The average molecular weight is 230 g/mol. The highest BCUT2D eigenvalue weighted by Gasteiger charge is 2.03. The molecule has 0 saturated carbocycles. The summed E-state index contributed by atoms with van der Waals surface area (Å²) in [6.07, 6.45) is -0.714. The van der Waals surface area contributed by atoms with Crippen LogP contribution in [0.2, 0.25) is 5.02 Å². The van der Waals surface area contributed by atoms with Gasteiger partial charge >= 0.3 is 0 Å². The lowest BCUT2D eigenvalue weighted by atomic mass is 10.1. The van der Waals surface area contributed by atoms with Crippen LogP contribution in [0.25, 0.3) is 0 Å². The number of hydrogen-bond acceptors (Lipinski definition) is 3. The smallest absolute Gasteiger partial charge is 0.0895 e. The van der Waals surface area contributed by atoms with Gasteiger partial charge in [0.05, 0.1) is 12.7 Å². The molecule has 0 fully saturated rings. The largest absolute Gasteiger partial charge is 0.394 e. The monoisotopic (exact) mass is 229 g/mol. The van der Waals surface area contributed by atoms with Crippen LogP contribution in [0.1, 0.15) is 11.1 Å². The predicted molar refractivity (Wildman–Crippen MR) is 61.0 cm³/mol. The maximum absolute atomic E-state index is 9.10. The highest BCUT2D eigenvalue weighted by atomic mass is 35.5. The van der Waals surface area contributed by atoms with E-state index in [1.54, 1.807) is 0 Å². The minimum Gasteiger partial charge on any atom is -0.394 e. The number of nitrogens with one attached hydrogen (secondary N) is 1. The molecule has 0 bridgehead atoms. The Kier molecular flexibility index (Phi) is 5.05. The first-order valence-corrected chi connectivity index (χ1v) is 5.26. The molecule has 0 amide bonds. The molecule has 0 aliphatic heterocycles. The maximum atomic E-state index is 9.10. The Morgan fingerprint density at radius 3 is 2.80 bits per heavy atom. The van der Waals surface area contributed by atoms with Crippen LogP contribution in [0.3, 0.4) is 0 Å². The number of rotatable bonds is 5. The van der Waals surface area contributed by atoms with E-state index in [4.69, 9.17) is 21.8 Å². The first-order chi connectivity index (χ1) is 7.13. The molecular weight excluding hydrogens is 214 g/mol. The molecule has 1 unspecified atom stereocenters. The van der Waals surface area contributed by atoms with Crippen molar-refractivity contribution >= 4 is 11.6 Å². The van der Waals surface area contributed by atoms with Crippen LogP contribution in [-0.2, 0) is 6.54 Å². The molecule has 0 radical (unpaired) electrons. The van der Waals surface area contributed by atoms with Crippen molar-refractivity contribution in [1.82, 2.24) is 5.32 Å². The molecule has 0 aromatic heterocycles. The third-order valence-corrected chi connectivity index (χ3v) is 2.47. The van der Waals surface area contributed by atoms with Crippen molar-refractivity contribution in [3.63, 3.8) is 0 Å². The fourth-order valence-corrected chi connectivity index (χ4v) is 1.54. The second-order valence-corrected chi connectivity index (χ2v) is 3.97.